The first kappa shape index (κ1) is 20.2. The highest BCUT2D eigenvalue weighted by molar-refractivity contribution is 8.13. The Bertz CT molecular complexity index is 820. The Morgan fingerprint density at radius 1 is 0.958 bits per heavy atom. The molecule has 0 heterocycles. The molecule has 1 aromatic carbocycles. The Morgan fingerprint density at radius 3 is 1.71 bits per heavy atom. The zero-order valence-corrected chi connectivity index (χ0v) is 14.6. The van der Waals surface area contributed by atoms with E-state index in [4.69, 9.17) is 10.7 Å². The van der Waals surface area contributed by atoms with Crippen LogP contribution in [-0.4, -0.2) is 26.4 Å². The molecule has 0 spiro atoms. The Hall–Kier alpha value is -1.81. The number of anilines is 2. The molecule has 1 rings (SSSR count). The summed E-state index contributed by atoms with van der Waals surface area (Å²) in [5.41, 5.74) is -0.454. The van der Waals surface area contributed by atoms with Crippen molar-refractivity contribution in [3.05, 3.63) is 16.7 Å². The van der Waals surface area contributed by atoms with E-state index in [2.05, 4.69) is 5.32 Å². The third kappa shape index (κ3) is 4.18. The van der Waals surface area contributed by atoms with Crippen molar-refractivity contribution in [2.45, 2.75) is 38.8 Å². The van der Waals surface area contributed by atoms with E-state index < -0.39 is 31.9 Å². The number of carbonyl (C=O) groups is 2. The molecule has 134 valence electrons. The Morgan fingerprint density at radius 2 is 1.38 bits per heavy atom. The lowest BCUT2D eigenvalue weighted by molar-refractivity contribution is -0.167. The van der Waals surface area contributed by atoms with Crippen LogP contribution in [0.5, 0.6) is 0 Å². The van der Waals surface area contributed by atoms with Crippen LogP contribution in [0.4, 0.5) is 24.5 Å². The van der Waals surface area contributed by atoms with Gasteiger partial charge in [0.15, 0.2) is 0 Å². The first-order chi connectivity index (χ1) is 10.7. The highest BCUT2D eigenvalue weighted by Gasteiger charge is 2.39. The predicted molar refractivity (Wildman–Crippen MR) is 82.7 cm³/mol. The average molecular weight is 387 g/mol. The summed E-state index contributed by atoms with van der Waals surface area (Å²) in [4.78, 5) is 22.0. The number of halogens is 4. The maximum Gasteiger partial charge on any atom is 0.471 e. The number of nitrogens with one attached hydrogen (secondary N) is 2. The molecule has 24 heavy (non-hydrogen) atoms. The molecule has 0 fully saturated rings. The van der Waals surface area contributed by atoms with Gasteiger partial charge in [0.2, 0.25) is 5.91 Å². The van der Waals surface area contributed by atoms with Gasteiger partial charge in [0, 0.05) is 23.3 Å². The second-order valence-corrected chi connectivity index (χ2v) is 7.53. The minimum absolute atomic E-state index is 0.0372. The van der Waals surface area contributed by atoms with E-state index in [0.29, 0.717) is 0 Å². The zero-order valence-electron chi connectivity index (χ0n) is 13.1. The summed E-state index contributed by atoms with van der Waals surface area (Å²) in [6, 6.07) is 0. The van der Waals surface area contributed by atoms with Gasteiger partial charge in [0.25, 0.3) is 9.05 Å². The third-order valence-electron chi connectivity index (χ3n) is 3.22. The quantitative estimate of drug-likeness (QED) is 0.781. The Balaban J connectivity index is 3.76. The summed E-state index contributed by atoms with van der Waals surface area (Å²) in [6.45, 7) is 5.03. The molecule has 2 amide bonds. The van der Waals surface area contributed by atoms with Gasteiger partial charge in [-0.2, -0.15) is 13.2 Å². The summed E-state index contributed by atoms with van der Waals surface area (Å²) < 4.78 is 61.0. The van der Waals surface area contributed by atoms with Crippen LogP contribution in [-0.2, 0) is 18.6 Å². The number of hydrogen-bond donors (Lipinski definition) is 2. The van der Waals surface area contributed by atoms with Crippen LogP contribution in [0.3, 0.4) is 0 Å². The van der Waals surface area contributed by atoms with E-state index in [1.807, 2.05) is 0 Å². The Kier molecular flexibility index (Phi) is 5.56. The van der Waals surface area contributed by atoms with Crippen molar-refractivity contribution < 1.29 is 31.2 Å². The van der Waals surface area contributed by atoms with Gasteiger partial charge in [-0.25, -0.2) is 8.42 Å². The normalized spacial score (nSPS) is 12.0. The molecule has 0 aliphatic heterocycles. The van der Waals surface area contributed by atoms with Crippen LogP contribution in [0, 0.1) is 20.8 Å². The van der Waals surface area contributed by atoms with E-state index in [0.717, 1.165) is 6.92 Å². The van der Waals surface area contributed by atoms with E-state index in [1.165, 1.54) is 20.8 Å². The zero-order chi connectivity index (χ0) is 19.0. The van der Waals surface area contributed by atoms with Crippen LogP contribution in [0.1, 0.15) is 23.6 Å². The Labute approximate surface area is 140 Å². The summed E-state index contributed by atoms with van der Waals surface area (Å²) >= 11 is 0. The van der Waals surface area contributed by atoms with E-state index in [1.54, 1.807) is 5.32 Å². The molecule has 0 bridgehead atoms. The molecular weight excluding hydrogens is 373 g/mol. The van der Waals surface area contributed by atoms with Gasteiger partial charge < -0.3 is 10.6 Å². The maximum absolute atomic E-state index is 12.5. The third-order valence-corrected chi connectivity index (χ3v) is 4.78. The second-order valence-electron chi connectivity index (χ2n) is 5.03. The van der Waals surface area contributed by atoms with Gasteiger partial charge in [-0.3, -0.25) is 9.59 Å². The van der Waals surface area contributed by atoms with Crippen molar-refractivity contribution in [3.8, 4) is 0 Å². The van der Waals surface area contributed by atoms with E-state index in [9.17, 15) is 31.2 Å². The highest BCUT2D eigenvalue weighted by Crippen LogP contribution is 2.39. The molecule has 0 aliphatic carbocycles. The molecule has 0 radical (unpaired) electrons. The van der Waals surface area contributed by atoms with Crippen LogP contribution < -0.4 is 10.6 Å². The number of hydrogen-bond acceptors (Lipinski definition) is 4. The largest absolute Gasteiger partial charge is 0.471 e. The molecule has 1 aromatic rings. The number of benzene rings is 1. The lowest BCUT2D eigenvalue weighted by atomic mass is 10.0. The van der Waals surface area contributed by atoms with Crippen LogP contribution in [0.15, 0.2) is 4.90 Å². The molecule has 0 atom stereocenters. The summed E-state index contributed by atoms with van der Waals surface area (Å²) in [6.07, 6.45) is -5.17. The highest BCUT2D eigenvalue weighted by atomic mass is 35.7. The van der Waals surface area contributed by atoms with E-state index in [-0.39, 0.29) is 28.1 Å². The first-order valence-electron chi connectivity index (χ1n) is 6.42. The summed E-state index contributed by atoms with van der Waals surface area (Å²) in [7, 11) is 1.01. The fourth-order valence-corrected chi connectivity index (χ4v) is 3.93. The van der Waals surface area contributed by atoms with Crippen molar-refractivity contribution in [1.82, 2.24) is 0 Å². The van der Waals surface area contributed by atoms with Gasteiger partial charge in [-0.05, 0) is 37.5 Å². The fourth-order valence-electron chi connectivity index (χ4n) is 2.30. The van der Waals surface area contributed by atoms with Crippen molar-refractivity contribution in [3.63, 3.8) is 0 Å². The summed E-state index contributed by atoms with van der Waals surface area (Å²) in [5.74, 6) is -2.85. The second kappa shape index (κ2) is 6.60. The molecular formula is C13H14ClF3N2O4S. The molecule has 0 saturated carbocycles. The standard InChI is InChI=1S/C13H14ClF3N2O4S/c1-5-9(18-8(4)20)6(2)11(24(14,22)23)7(3)10(5)19-12(21)13(15,16)17/h1-4H3,(H,18,20)(H,19,21). The predicted octanol–water partition coefficient (Wildman–Crippen LogP) is 3.00. The average Bonchev–Trinajstić information content (AvgIpc) is 2.36. The van der Waals surface area contributed by atoms with Gasteiger partial charge in [0.1, 0.15) is 0 Å². The number of carbonyl (C=O) groups excluding carboxylic acids is 2. The fraction of sp³-hybridized carbons (Fsp3) is 0.385. The van der Waals surface area contributed by atoms with Crippen molar-refractivity contribution >= 4 is 42.9 Å². The minimum atomic E-state index is -5.17. The first-order valence-corrected chi connectivity index (χ1v) is 8.73. The molecule has 0 unspecified atom stereocenters. The van der Waals surface area contributed by atoms with Crippen LogP contribution in [0.25, 0.3) is 0 Å². The van der Waals surface area contributed by atoms with Gasteiger partial charge in [0.05, 0.1) is 10.6 Å². The van der Waals surface area contributed by atoms with Crippen molar-refractivity contribution in [2.24, 2.45) is 0 Å². The van der Waals surface area contributed by atoms with Crippen LogP contribution in [0.2, 0.25) is 0 Å². The summed E-state index contributed by atoms with van der Waals surface area (Å²) in [5, 5.41) is 3.97. The van der Waals surface area contributed by atoms with E-state index >= 15 is 0 Å². The van der Waals surface area contributed by atoms with Crippen molar-refractivity contribution in [2.75, 3.05) is 10.6 Å². The van der Waals surface area contributed by atoms with Gasteiger partial charge in [-0.1, -0.05) is 0 Å². The molecule has 0 aliphatic rings. The lowest BCUT2D eigenvalue weighted by Gasteiger charge is -2.21. The minimum Gasteiger partial charge on any atom is -0.326 e. The monoisotopic (exact) mass is 386 g/mol. The topological polar surface area (TPSA) is 92.3 Å². The number of amides is 2. The lowest BCUT2D eigenvalue weighted by Crippen LogP contribution is -2.31. The molecule has 2 N–H and O–H groups in total. The molecule has 0 saturated heterocycles. The smallest absolute Gasteiger partial charge is 0.326 e. The maximum atomic E-state index is 12.5. The van der Waals surface area contributed by atoms with Gasteiger partial charge in [-0.15, -0.1) is 0 Å². The number of alkyl halides is 3. The number of rotatable bonds is 3. The molecule has 11 heteroatoms. The van der Waals surface area contributed by atoms with Gasteiger partial charge >= 0.3 is 12.1 Å². The SMILES string of the molecule is CC(=O)Nc1c(C)c(NC(=O)C(F)(F)F)c(C)c(S(=O)(=O)Cl)c1C. The van der Waals surface area contributed by atoms with Crippen molar-refractivity contribution in [1.29, 1.82) is 0 Å². The van der Waals surface area contributed by atoms with Crippen LogP contribution >= 0.6 is 10.7 Å². The molecule has 0 aromatic heterocycles. The molecule has 6 nitrogen and oxygen atoms in total.